The molecule has 0 aliphatic carbocycles. The van der Waals surface area contributed by atoms with Crippen LogP contribution < -0.4 is 11.5 Å². The molecular formula is C12H28MgN2O20S2. The van der Waals surface area contributed by atoms with Crippen LogP contribution in [0.3, 0.4) is 0 Å². The molecule has 0 saturated carbocycles. The number of aliphatic hydroxyl groups excluding tert-OH is 10. The molecule has 0 fully saturated rings. The van der Waals surface area contributed by atoms with E-state index in [1.54, 1.807) is 0 Å². The van der Waals surface area contributed by atoms with E-state index in [-0.39, 0.29) is 23.1 Å². The van der Waals surface area contributed by atoms with E-state index in [1.807, 2.05) is 0 Å². The van der Waals surface area contributed by atoms with Crippen molar-refractivity contribution in [1.82, 2.24) is 0 Å². The summed E-state index contributed by atoms with van der Waals surface area (Å²) in [6.45, 7) is -1.60. The van der Waals surface area contributed by atoms with Crippen LogP contribution in [0.2, 0.25) is 0 Å². The summed E-state index contributed by atoms with van der Waals surface area (Å²) in [7, 11) is -9.83. The average molecular weight is 609 g/mol. The van der Waals surface area contributed by atoms with Crippen molar-refractivity contribution in [3.05, 3.63) is 0 Å². The number of rotatable bonds is 10. The molecule has 0 aromatic rings. The van der Waals surface area contributed by atoms with Gasteiger partial charge in [0, 0.05) is 10.4 Å². The Morgan fingerprint density at radius 1 is 0.622 bits per heavy atom. The summed E-state index contributed by atoms with van der Waals surface area (Å²) < 4.78 is 65.7. The molecule has 0 heterocycles. The summed E-state index contributed by atoms with van der Waals surface area (Å²) in [5.74, 6) is -2.45. The molecule has 0 aliphatic heterocycles. The summed E-state index contributed by atoms with van der Waals surface area (Å²) in [6.07, 6.45) is -14.7. The quantitative estimate of drug-likeness (QED) is 0.0621. The Labute approximate surface area is 224 Å². The fraction of sp³-hybridized carbons (Fsp3) is 0.833. The number of carbonyl (C=O) groups is 2. The monoisotopic (exact) mass is 608 g/mol. The van der Waals surface area contributed by atoms with Crippen molar-refractivity contribution >= 4 is 55.7 Å². The average Bonchev–Trinajstić information content (AvgIpc) is 2.72. The van der Waals surface area contributed by atoms with Crippen LogP contribution in [-0.2, 0) is 30.4 Å². The number of amides is 2. The predicted molar refractivity (Wildman–Crippen MR) is 111 cm³/mol. The van der Waals surface area contributed by atoms with E-state index in [0.29, 0.717) is 0 Å². The minimum Gasteiger partial charge on any atom is -0.759 e. The van der Waals surface area contributed by atoms with Crippen LogP contribution >= 0.6 is 0 Å². The fourth-order valence-corrected chi connectivity index (χ4v) is 1.38. The van der Waals surface area contributed by atoms with Crippen molar-refractivity contribution in [2.24, 2.45) is 11.5 Å². The van der Waals surface area contributed by atoms with E-state index in [9.17, 15) is 9.59 Å². The van der Waals surface area contributed by atoms with Gasteiger partial charge in [-0.1, -0.05) is 0 Å². The number of aliphatic hydroxyl groups is 10. The molecule has 8 atom stereocenters. The van der Waals surface area contributed by atoms with Gasteiger partial charge in [0.15, 0.2) is 12.2 Å². The zero-order valence-electron chi connectivity index (χ0n) is 18.3. The molecule has 0 unspecified atom stereocenters. The van der Waals surface area contributed by atoms with Gasteiger partial charge in [-0.25, -0.2) is 0 Å². The number of hydrogen-bond donors (Lipinski definition) is 14. The first-order chi connectivity index (χ1) is 15.8. The normalized spacial score (nSPS) is 17.5. The SMILES string of the molecule is NC(=O)[C@H](O)[C@@H](O)[C@H](O)[C@H](O)CO.NC(=O)[C@H](O)[C@@H](O)[C@H](O)[C@H](O)CO.O=S(=O)(O)O.O=S(=O)([O-])[O-].[Mg+2]. The Morgan fingerprint density at radius 3 is 0.892 bits per heavy atom. The molecule has 220 valence electrons. The van der Waals surface area contributed by atoms with Crippen LogP contribution in [0.15, 0.2) is 0 Å². The van der Waals surface area contributed by atoms with Gasteiger partial charge < -0.3 is 71.6 Å². The Hall–Kier alpha value is -0.954. The minimum atomic E-state index is -5.17. The Morgan fingerprint density at radius 2 is 0.784 bits per heavy atom. The number of primary amides is 2. The molecule has 0 aromatic heterocycles. The number of hydrogen-bond acceptors (Lipinski definition) is 18. The maximum atomic E-state index is 10.3. The maximum Gasteiger partial charge on any atom is 2.00 e. The van der Waals surface area contributed by atoms with E-state index < -0.39 is 94.7 Å². The van der Waals surface area contributed by atoms with Crippen LogP contribution in [0.25, 0.3) is 0 Å². The molecule has 0 radical (unpaired) electrons. The largest absolute Gasteiger partial charge is 2.00 e. The molecule has 37 heavy (non-hydrogen) atoms. The summed E-state index contributed by atoms with van der Waals surface area (Å²) in [5, 5.41) is 87.9. The van der Waals surface area contributed by atoms with Gasteiger partial charge in [-0.2, -0.15) is 8.42 Å². The van der Waals surface area contributed by atoms with Crippen molar-refractivity contribution in [3.8, 4) is 0 Å². The van der Waals surface area contributed by atoms with Gasteiger partial charge in [0.05, 0.1) is 13.2 Å². The molecule has 0 aromatic carbocycles. The first-order valence-electron chi connectivity index (χ1n) is 8.44. The van der Waals surface area contributed by atoms with E-state index in [1.165, 1.54) is 0 Å². The van der Waals surface area contributed by atoms with Crippen molar-refractivity contribution in [2.75, 3.05) is 13.2 Å². The Kier molecular flexibility index (Phi) is 27.2. The molecule has 22 nitrogen and oxygen atoms in total. The van der Waals surface area contributed by atoms with E-state index in [4.69, 9.17) is 86.1 Å². The third-order valence-electron chi connectivity index (χ3n) is 3.09. The van der Waals surface area contributed by atoms with Crippen molar-refractivity contribution in [2.45, 2.75) is 48.8 Å². The van der Waals surface area contributed by atoms with Gasteiger partial charge in [-0.05, 0) is 0 Å². The van der Waals surface area contributed by atoms with Crippen LogP contribution in [0.5, 0.6) is 0 Å². The molecule has 0 spiro atoms. The molecule has 0 rings (SSSR count). The second-order valence-electron chi connectivity index (χ2n) is 6.01. The van der Waals surface area contributed by atoms with Gasteiger partial charge in [-0.3, -0.25) is 27.1 Å². The second-order valence-corrected chi connectivity index (χ2v) is 7.72. The van der Waals surface area contributed by atoms with Gasteiger partial charge in [0.2, 0.25) is 11.8 Å². The minimum absolute atomic E-state index is 0. The Bertz CT molecular complexity index is 743. The number of nitrogens with two attached hydrogens (primary N) is 2. The fourth-order valence-electron chi connectivity index (χ4n) is 1.38. The summed E-state index contributed by atoms with van der Waals surface area (Å²) in [4.78, 5) is 20.6. The van der Waals surface area contributed by atoms with Crippen LogP contribution in [0, 0.1) is 0 Å². The van der Waals surface area contributed by atoms with E-state index in [0.717, 1.165) is 0 Å². The summed E-state index contributed by atoms with van der Waals surface area (Å²) in [5.41, 5.74) is 9.22. The van der Waals surface area contributed by atoms with Crippen molar-refractivity contribution in [3.63, 3.8) is 0 Å². The van der Waals surface area contributed by atoms with Gasteiger partial charge in [0.1, 0.15) is 36.6 Å². The van der Waals surface area contributed by atoms with Crippen molar-refractivity contribution in [1.29, 1.82) is 0 Å². The molecule has 0 bridgehead atoms. The molecule has 0 aliphatic rings. The van der Waals surface area contributed by atoms with Gasteiger partial charge in [-0.15, -0.1) is 0 Å². The zero-order valence-corrected chi connectivity index (χ0v) is 21.4. The summed E-state index contributed by atoms with van der Waals surface area (Å²) >= 11 is 0. The second kappa shape index (κ2) is 21.9. The third kappa shape index (κ3) is 31.2. The van der Waals surface area contributed by atoms with Gasteiger partial charge >= 0.3 is 33.5 Å². The molecular weight excluding hydrogens is 581 g/mol. The van der Waals surface area contributed by atoms with Gasteiger partial charge in [0.25, 0.3) is 0 Å². The number of carbonyl (C=O) groups excluding carboxylic acids is 2. The molecule has 25 heteroatoms. The first-order valence-corrected chi connectivity index (χ1v) is 11.2. The van der Waals surface area contributed by atoms with E-state index in [2.05, 4.69) is 11.5 Å². The summed E-state index contributed by atoms with van der Waals surface area (Å²) in [6, 6.07) is 0. The van der Waals surface area contributed by atoms with Crippen LogP contribution in [-0.4, -0.2) is 183 Å². The smallest absolute Gasteiger partial charge is 0.759 e. The molecule has 2 amide bonds. The van der Waals surface area contributed by atoms with E-state index >= 15 is 0 Å². The predicted octanol–water partition coefficient (Wildman–Crippen LogP) is -10.6. The topological polar surface area (TPSA) is 443 Å². The van der Waals surface area contributed by atoms with Crippen LogP contribution in [0.4, 0.5) is 0 Å². The van der Waals surface area contributed by atoms with Crippen LogP contribution in [0.1, 0.15) is 0 Å². The standard InChI is InChI=1S/2C6H13NO6.Mg.2H2O4S/c2*7-6(13)5(12)4(11)3(10)2(9)1-8;;2*1-5(2,3)4/h2*2-5,8-12H,1H2,(H2,7,13);;2*(H2,1,2,3,4)/q;;+2;;/p-2/t2*2-,3-,4+,5-;;;/m11.../s1. The van der Waals surface area contributed by atoms with Crippen molar-refractivity contribution < 1.29 is 95.7 Å². The third-order valence-corrected chi connectivity index (χ3v) is 3.09. The maximum absolute atomic E-state index is 10.3. The zero-order chi connectivity index (χ0) is 30.2. The molecule has 0 saturated heterocycles. The first kappa shape index (κ1) is 45.9. The molecule has 16 N–H and O–H groups in total. The Balaban J connectivity index is -0.000000133.